The van der Waals surface area contributed by atoms with Crippen LogP contribution in [0.3, 0.4) is 0 Å². The van der Waals surface area contributed by atoms with Crippen LogP contribution in [0.4, 0.5) is 0 Å². The Hall–Kier alpha value is -0.120. The maximum atomic E-state index is 5.10. The standard InChI is InChI=1S/C13H28N2O/c1-4-12(2)13-11-14-7-9-15(13)8-5-6-10-16-3/h12-14H,4-11H2,1-3H3. The number of ether oxygens (including phenoxy) is 1. The fourth-order valence-electron chi connectivity index (χ4n) is 2.44. The van der Waals surface area contributed by atoms with Gasteiger partial charge in [-0.05, 0) is 25.3 Å². The quantitative estimate of drug-likeness (QED) is 0.672. The molecule has 0 aromatic heterocycles. The van der Waals surface area contributed by atoms with Crippen molar-refractivity contribution in [2.24, 2.45) is 5.92 Å². The van der Waals surface area contributed by atoms with Gasteiger partial charge in [0.2, 0.25) is 0 Å². The van der Waals surface area contributed by atoms with Crippen molar-refractivity contribution < 1.29 is 4.74 Å². The van der Waals surface area contributed by atoms with Gasteiger partial charge in [0.1, 0.15) is 0 Å². The molecule has 3 nitrogen and oxygen atoms in total. The van der Waals surface area contributed by atoms with E-state index in [1.54, 1.807) is 7.11 Å². The Morgan fingerprint density at radius 3 is 2.94 bits per heavy atom. The van der Waals surface area contributed by atoms with Crippen LogP contribution in [-0.4, -0.2) is 50.8 Å². The lowest BCUT2D eigenvalue weighted by Crippen LogP contribution is -2.54. The van der Waals surface area contributed by atoms with Crippen molar-refractivity contribution in [3.05, 3.63) is 0 Å². The van der Waals surface area contributed by atoms with Crippen molar-refractivity contribution in [1.29, 1.82) is 0 Å². The van der Waals surface area contributed by atoms with E-state index >= 15 is 0 Å². The van der Waals surface area contributed by atoms with Crippen LogP contribution < -0.4 is 5.32 Å². The van der Waals surface area contributed by atoms with Crippen molar-refractivity contribution in [2.45, 2.75) is 39.2 Å². The predicted octanol–water partition coefficient (Wildman–Crippen LogP) is 1.73. The van der Waals surface area contributed by atoms with Gasteiger partial charge in [0.25, 0.3) is 0 Å². The van der Waals surface area contributed by atoms with E-state index in [4.69, 9.17) is 4.74 Å². The third kappa shape index (κ3) is 4.40. The molecule has 0 bridgehead atoms. The largest absolute Gasteiger partial charge is 0.385 e. The third-order valence-electron chi connectivity index (χ3n) is 3.74. The van der Waals surface area contributed by atoms with E-state index in [-0.39, 0.29) is 0 Å². The highest BCUT2D eigenvalue weighted by molar-refractivity contribution is 4.83. The second kappa shape index (κ2) is 8.04. The van der Waals surface area contributed by atoms with E-state index in [0.717, 1.165) is 25.1 Å². The summed E-state index contributed by atoms with van der Waals surface area (Å²) in [5, 5.41) is 3.52. The average molecular weight is 228 g/mol. The fraction of sp³-hybridized carbons (Fsp3) is 1.00. The molecule has 0 radical (unpaired) electrons. The molecule has 3 heteroatoms. The molecule has 1 rings (SSSR count). The third-order valence-corrected chi connectivity index (χ3v) is 3.74. The summed E-state index contributed by atoms with van der Waals surface area (Å²) in [7, 11) is 1.78. The zero-order valence-corrected chi connectivity index (χ0v) is 11.2. The molecule has 16 heavy (non-hydrogen) atoms. The minimum absolute atomic E-state index is 0.737. The van der Waals surface area contributed by atoms with Crippen LogP contribution in [0.2, 0.25) is 0 Å². The number of methoxy groups -OCH3 is 1. The van der Waals surface area contributed by atoms with Crippen LogP contribution in [0.5, 0.6) is 0 Å². The van der Waals surface area contributed by atoms with Crippen LogP contribution >= 0.6 is 0 Å². The molecule has 0 spiro atoms. The number of hydrogen-bond acceptors (Lipinski definition) is 3. The highest BCUT2D eigenvalue weighted by atomic mass is 16.5. The van der Waals surface area contributed by atoms with Gasteiger partial charge in [-0.25, -0.2) is 0 Å². The average Bonchev–Trinajstić information content (AvgIpc) is 2.34. The summed E-state index contributed by atoms with van der Waals surface area (Å²) in [6, 6.07) is 0.737. The first-order valence-electron chi connectivity index (χ1n) is 6.73. The van der Waals surface area contributed by atoms with Gasteiger partial charge < -0.3 is 10.1 Å². The maximum absolute atomic E-state index is 5.10. The Morgan fingerprint density at radius 1 is 1.44 bits per heavy atom. The van der Waals surface area contributed by atoms with E-state index in [1.165, 1.54) is 38.9 Å². The van der Waals surface area contributed by atoms with Gasteiger partial charge in [-0.2, -0.15) is 0 Å². The second-order valence-corrected chi connectivity index (χ2v) is 4.89. The van der Waals surface area contributed by atoms with Gasteiger partial charge in [-0.15, -0.1) is 0 Å². The number of nitrogens with one attached hydrogen (secondary N) is 1. The number of unbranched alkanes of at least 4 members (excludes halogenated alkanes) is 1. The van der Waals surface area contributed by atoms with Crippen molar-refractivity contribution in [2.75, 3.05) is 39.9 Å². The Morgan fingerprint density at radius 2 is 2.25 bits per heavy atom. The summed E-state index contributed by atoms with van der Waals surface area (Å²) in [6.45, 7) is 10.3. The molecule has 96 valence electrons. The predicted molar refractivity (Wildman–Crippen MR) is 68.8 cm³/mol. The topological polar surface area (TPSA) is 24.5 Å². The highest BCUT2D eigenvalue weighted by Gasteiger charge is 2.25. The summed E-state index contributed by atoms with van der Waals surface area (Å²) in [5.74, 6) is 0.801. The molecule has 1 aliphatic heterocycles. The Bertz CT molecular complexity index is 175. The smallest absolute Gasteiger partial charge is 0.0462 e. The molecule has 1 saturated heterocycles. The Labute approximate surface area is 101 Å². The molecule has 2 atom stereocenters. The maximum Gasteiger partial charge on any atom is 0.0462 e. The summed E-state index contributed by atoms with van der Waals surface area (Å²) in [5.41, 5.74) is 0. The van der Waals surface area contributed by atoms with E-state index in [0.29, 0.717) is 0 Å². The number of rotatable bonds is 7. The lowest BCUT2D eigenvalue weighted by atomic mass is 9.96. The van der Waals surface area contributed by atoms with Gasteiger partial charge in [-0.1, -0.05) is 20.3 Å². The van der Waals surface area contributed by atoms with Crippen molar-refractivity contribution in [3.63, 3.8) is 0 Å². The van der Waals surface area contributed by atoms with E-state index in [9.17, 15) is 0 Å². The SMILES string of the molecule is CCC(C)C1CNCCN1CCCCOC. The summed E-state index contributed by atoms with van der Waals surface area (Å²) >= 11 is 0. The van der Waals surface area contributed by atoms with E-state index in [2.05, 4.69) is 24.1 Å². The van der Waals surface area contributed by atoms with Crippen LogP contribution in [0.15, 0.2) is 0 Å². The van der Waals surface area contributed by atoms with Crippen LogP contribution in [0, 0.1) is 5.92 Å². The molecule has 0 amide bonds. The van der Waals surface area contributed by atoms with Gasteiger partial charge in [-0.3, -0.25) is 4.90 Å². The van der Waals surface area contributed by atoms with Crippen LogP contribution in [0.1, 0.15) is 33.1 Å². The molecule has 1 fully saturated rings. The summed E-state index contributed by atoms with van der Waals surface area (Å²) in [6.07, 6.45) is 3.73. The normalized spacial score (nSPS) is 24.6. The van der Waals surface area contributed by atoms with Gasteiger partial charge in [0.15, 0.2) is 0 Å². The first-order valence-corrected chi connectivity index (χ1v) is 6.73. The summed E-state index contributed by atoms with van der Waals surface area (Å²) < 4.78 is 5.10. The molecular weight excluding hydrogens is 200 g/mol. The van der Waals surface area contributed by atoms with Gasteiger partial charge >= 0.3 is 0 Å². The summed E-state index contributed by atoms with van der Waals surface area (Å²) in [4.78, 5) is 2.67. The van der Waals surface area contributed by atoms with E-state index in [1.807, 2.05) is 0 Å². The molecule has 1 aliphatic rings. The molecule has 1 heterocycles. The molecule has 2 unspecified atom stereocenters. The fourth-order valence-corrected chi connectivity index (χ4v) is 2.44. The minimum atomic E-state index is 0.737. The Balaban J connectivity index is 2.29. The lowest BCUT2D eigenvalue weighted by molar-refractivity contribution is 0.109. The molecule has 1 N–H and O–H groups in total. The highest BCUT2D eigenvalue weighted by Crippen LogP contribution is 2.16. The number of hydrogen-bond donors (Lipinski definition) is 1. The number of nitrogens with zero attached hydrogens (tertiary/aromatic N) is 1. The van der Waals surface area contributed by atoms with Gasteiger partial charge in [0.05, 0.1) is 0 Å². The van der Waals surface area contributed by atoms with E-state index < -0.39 is 0 Å². The first-order chi connectivity index (χ1) is 7.79. The van der Waals surface area contributed by atoms with Crippen molar-refractivity contribution in [1.82, 2.24) is 10.2 Å². The lowest BCUT2D eigenvalue weighted by Gasteiger charge is -2.39. The molecule has 0 aliphatic carbocycles. The van der Waals surface area contributed by atoms with Crippen LogP contribution in [0.25, 0.3) is 0 Å². The second-order valence-electron chi connectivity index (χ2n) is 4.89. The molecule has 0 aromatic carbocycles. The number of piperazine rings is 1. The first kappa shape index (κ1) is 13.9. The molecule has 0 aromatic rings. The van der Waals surface area contributed by atoms with Gasteiger partial charge in [0, 0.05) is 39.4 Å². The Kier molecular flexibility index (Phi) is 7.01. The van der Waals surface area contributed by atoms with Crippen LogP contribution in [-0.2, 0) is 4.74 Å². The van der Waals surface area contributed by atoms with Crippen molar-refractivity contribution >= 4 is 0 Å². The minimum Gasteiger partial charge on any atom is -0.385 e. The monoisotopic (exact) mass is 228 g/mol. The zero-order valence-electron chi connectivity index (χ0n) is 11.2. The zero-order chi connectivity index (χ0) is 11.8. The van der Waals surface area contributed by atoms with Crippen molar-refractivity contribution in [3.8, 4) is 0 Å². The molecule has 0 saturated carbocycles. The molecular formula is C13H28N2O.